The summed E-state index contributed by atoms with van der Waals surface area (Å²) in [4.78, 5) is 29.8. The molecule has 2 fully saturated rings. The van der Waals surface area contributed by atoms with Gasteiger partial charge in [0.05, 0.1) is 5.39 Å². The van der Waals surface area contributed by atoms with Gasteiger partial charge < -0.3 is 9.80 Å². The van der Waals surface area contributed by atoms with Crippen molar-refractivity contribution in [2.24, 2.45) is 11.8 Å². The summed E-state index contributed by atoms with van der Waals surface area (Å²) in [6.45, 7) is 10.2. The van der Waals surface area contributed by atoms with Crippen molar-refractivity contribution < 1.29 is 4.79 Å². The average molecular weight is 413 g/mol. The molecule has 6 heteroatoms. The van der Waals surface area contributed by atoms with Gasteiger partial charge in [0.25, 0.3) is 0 Å². The molecule has 0 spiro atoms. The zero-order chi connectivity index (χ0) is 20.1. The van der Waals surface area contributed by atoms with Gasteiger partial charge in [0, 0.05) is 42.9 Å². The minimum Gasteiger partial charge on any atom is -0.352 e. The van der Waals surface area contributed by atoms with Crippen molar-refractivity contribution in [2.45, 2.75) is 65.2 Å². The summed E-state index contributed by atoms with van der Waals surface area (Å²) in [6.07, 6.45) is 6.81. The number of carbonyl (C=O) groups excluding carboxylic acids is 1. The number of hydrogen-bond donors (Lipinski definition) is 0. The third-order valence-corrected chi connectivity index (χ3v) is 8.17. The highest BCUT2D eigenvalue weighted by Crippen LogP contribution is 2.42. The average Bonchev–Trinajstić information content (AvgIpc) is 3.52. The molecule has 3 aliphatic rings. The lowest BCUT2D eigenvalue weighted by Gasteiger charge is -2.36. The van der Waals surface area contributed by atoms with E-state index in [1.165, 1.54) is 33.5 Å². The maximum Gasteiger partial charge on any atom is 0.225 e. The van der Waals surface area contributed by atoms with E-state index in [1.807, 2.05) is 11.3 Å². The van der Waals surface area contributed by atoms with Gasteiger partial charge in [-0.2, -0.15) is 0 Å². The number of hydrogen-bond acceptors (Lipinski definition) is 5. The first-order valence-electron chi connectivity index (χ1n) is 11.4. The van der Waals surface area contributed by atoms with Crippen LogP contribution in [0.25, 0.3) is 10.2 Å². The Morgan fingerprint density at radius 1 is 1.17 bits per heavy atom. The highest BCUT2D eigenvalue weighted by atomic mass is 32.1. The zero-order valence-corrected chi connectivity index (χ0v) is 18.7. The Hall–Kier alpha value is -1.69. The summed E-state index contributed by atoms with van der Waals surface area (Å²) in [5.41, 5.74) is 1.50. The van der Waals surface area contributed by atoms with Crippen molar-refractivity contribution in [3.05, 3.63) is 16.3 Å². The van der Waals surface area contributed by atoms with E-state index in [0.717, 1.165) is 69.4 Å². The molecule has 0 unspecified atom stereocenters. The Morgan fingerprint density at radius 2 is 1.93 bits per heavy atom. The van der Waals surface area contributed by atoms with Gasteiger partial charge in [-0.1, -0.05) is 20.8 Å². The molecule has 1 saturated carbocycles. The third-order valence-electron chi connectivity index (χ3n) is 7.02. The lowest BCUT2D eigenvalue weighted by atomic mass is 9.89. The number of aryl methyl sites for hydroxylation is 1. The zero-order valence-electron chi connectivity index (χ0n) is 17.9. The second-order valence-corrected chi connectivity index (χ2v) is 10.4. The quantitative estimate of drug-likeness (QED) is 0.747. The van der Waals surface area contributed by atoms with Gasteiger partial charge in [0.2, 0.25) is 5.91 Å². The SMILES string of the molecule is CC[C@@H](C)c1nc(N2CCN(C(=O)C3CC3)CC2)c2c3c(sc2n1)C[C@H](C)CC3. The molecule has 156 valence electrons. The largest absolute Gasteiger partial charge is 0.352 e. The van der Waals surface area contributed by atoms with Crippen LogP contribution >= 0.6 is 11.3 Å². The fourth-order valence-electron chi connectivity index (χ4n) is 4.70. The van der Waals surface area contributed by atoms with E-state index in [9.17, 15) is 4.79 Å². The fourth-order valence-corrected chi connectivity index (χ4v) is 6.08. The molecular weight excluding hydrogens is 380 g/mol. The number of rotatable bonds is 4. The summed E-state index contributed by atoms with van der Waals surface area (Å²) in [7, 11) is 0. The number of anilines is 1. The summed E-state index contributed by atoms with van der Waals surface area (Å²) in [5.74, 6) is 3.94. The normalized spacial score (nSPS) is 23.3. The van der Waals surface area contributed by atoms with Crippen LogP contribution in [0.5, 0.6) is 0 Å². The van der Waals surface area contributed by atoms with Gasteiger partial charge >= 0.3 is 0 Å². The summed E-state index contributed by atoms with van der Waals surface area (Å²) in [5, 5.41) is 1.31. The van der Waals surface area contributed by atoms with Crippen molar-refractivity contribution in [1.29, 1.82) is 0 Å². The molecule has 29 heavy (non-hydrogen) atoms. The van der Waals surface area contributed by atoms with Crippen LogP contribution in [0.15, 0.2) is 0 Å². The van der Waals surface area contributed by atoms with Crippen molar-refractivity contribution >= 4 is 33.3 Å². The Balaban J connectivity index is 1.50. The van der Waals surface area contributed by atoms with Gasteiger partial charge in [-0.05, 0) is 50.0 Å². The number of nitrogens with zero attached hydrogens (tertiary/aromatic N) is 4. The lowest BCUT2D eigenvalue weighted by Crippen LogP contribution is -2.49. The van der Waals surface area contributed by atoms with Crippen molar-refractivity contribution in [3.8, 4) is 0 Å². The molecule has 1 saturated heterocycles. The topological polar surface area (TPSA) is 49.3 Å². The first-order valence-corrected chi connectivity index (χ1v) is 12.2. The number of aromatic nitrogens is 2. The second kappa shape index (κ2) is 7.53. The van der Waals surface area contributed by atoms with E-state index in [4.69, 9.17) is 9.97 Å². The summed E-state index contributed by atoms with van der Waals surface area (Å²) < 4.78 is 0. The van der Waals surface area contributed by atoms with E-state index in [2.05, 4.69) is 30.6 Å². The van der Waals surface area contributed by atoms with E-state index >= 15 is 0 Å². The van der Waals surface area contributed by atoms with Crippen LogP contribution in [0.3, 0.4) is 0 Å². The minimum atomic E-state index is 0.315. The van der Waals surface area contributed by atoms with Gasteiger partial charge in [-0.25, -0.2) is 9.97 Å². The molecule has 0 aromatic carbocycles. The molecule has 1 amide bonds. The van der Waals surface area contributed by atoms with Crippen molar-refractivity contribution in [3.63, 3.8) is 0 Å². The van der Waals surface area contributed by atoms with Crippen molar-refractivity contribution in [1.82, 2.24) is 14.9 Å². The minimum absolute atomic E-state index is 0.315. The molecule has 0 bridgehead atoms. The first-order chi connectivity index (χ1) is 14.0. The van der Waals surface area contributed by atoms with Crippen LogP contribution in [-0.2, 0) is 17.6 Å². The first kappa shape index (κ1) is 19.3. The van der Waals surface area contributed by atoms with E-state index in [0.29, 0.717) is 17.7 Å². The van der Waals surface area contributed by atoms with Crippen molar-refractivity contribution in [2.75, 3.05) is 31.1 Å². The highest BCUT2D eigenvalue weighted by molar-refractivity contribution is 7.19. The molecule has 2 aromatic heterocycles. The van der Waals surface area contributed by atoms with Crippen LogP contribution in [0.1, 0.15) is 68.6 Å². The van der Waals surface area contributed by atoms with E-state index in [1.54, 1.807) is 0 Å². The van der Waals surface area contributed by atoms with E-state index < -0.39 is 0 Å². The Morgan fingerprint density at radius 3 is 2.62 bits per heavy atom. The molecule has 0 radical (unpaired) electrons. The molecule has 1 aliphatic heterocycles. The highest BCUT2D eigenvalue weighted by Gasteiger charge is 2.35. The Labute approximate surface area is 177 Å². The smallest absolute Gasteiger partial charge is 0.225 e. The van der Waals surface area contributed by atoms with Gasteiger partial charge in [0.15, 0.2) is 0 Å². The summed E-state index contributed by atoms with van der Waals surface area (Å²) in [6, 6.07) is 0. The summed E-state index contributed by atoms with van der Waals surface area (Å²) >= 11 is 1.90. The maximum absolute atomic E-state index is 12.5. The predicted molar refractivity (Wildman–Crippen MR) is 119 cm³/mol. The number of fused-ring (bicyclic) bond motifs is 3. The third kappa shape index (κ3) is 3.54. The Bertz CT molecular complexity index is 927. The molecule has 2 atom stereocenters. The fraction of sp³-hybridized carbons (Fsp3) is 0.696. The predicted octanol–water partition coefficient (Wildman–Crippen LogP) is 4.39. The molecule has 3 heterocycles. The van der Waals surface area contributed by atoms with Gasteiger partial charge in [0.1, 0.15) is 16.5 Å². The standard InChI is InChI=1S/C23H32N4OS/c1-4-15(3)20-24-21(26-9-11-27(12-10-26)23(28)16-6-7-16)19-17-8-5-14(2)13-18(17)29-22(19)25-20/h14-16H,4-13H2,1-3H3/t14-,15-/m1/s1. The molecule has 2 aliphatic carbocycles. The number of amides is 1. The monoisotopic (exact) mass is 412 g/mol. The second-order valence-electron chi connectivity index (χ2n) is 9.33. The number of thiophene rings is 1. The Kier molecular flexibility index (Phi) is 5.01. The van der Waals surface area contributed by atoms with Crippen LogP contribution in [0.2, 0.25) is 0 Å². The molecule has 0 N–H and O–H groups in total. The number of piperazine rings is 1. The van der Waals surface area contributed by atoms with Crippen LogP contribution in [0.4, 0.5) is 5.82 Å². The molecule has 5 rings (SSSR count). The number of carbonyl (C=O) groups is 1. The van der Waals surface area contributed by atoms with E-state index in [-0.39, 0.29) is 0 Å². The molecule has 5 nitrogen and oxygen atoms in total. The van der Waals surface area contributed by atoms with Gasteiger partial charge in [-0.15, -0.1) is 11.3 Å². The maximum atomic E-state index is 12.5. The lowest BCUT2D eigenvalue weighted by molar-refractivity contribution is -0.132. The molecule has 2 aromatic rings. The van der Waals surface area contributed by atoms with Crippen LogP contribution < -0.4 is 4.90 Å². The van der Waals surface area contributed by atoms with Crippen LogP contribution in [-0.4, -0.2) is 47.0 Å². The molecular formula is C23H32N4OS. The van der Waals surface area contributed by atoms with Gasteiger partial charge in [-0.3, -0.25) is 4.79 Å². The van der Waals surface area contributed by atoms with Crippen LogP contribution in [0, 0.1) is 11.8 Å².